The fraction of sp³-hybridized carbons (Fsp3) is 0. The van der Waals surface area contributed by atoms with Gasteiger partial charge >= 0.3 is 0 Å². The van der Waals surface area contributed by atoms with Crippen LogP contribution in [0.25, 0.3) is 0 Å². The predicted molar refractivity (Wildman–Crippen MR) is 73.7 cm³/mol. The van der Waals surface area contributed by atoms with Gasteiger partial charge in [-0.3, -0.25) is 4.79 Å². The van der Waals surface area contributed by atoms with Gasteiger partial charge in [0.15, 0.2) is 0 Å². The quantitative estimate of drug-likeness (QED) is 0.841. The molecular formula is C12H7Cl3N2O. The molecule has 0 bridgehead atoms. The van der Waals surface area contributed by atoms with Gasteiger partial charge in [-0.05, 0) is 24.3 Å². The van der Waals surface area contributed by atoms with Crippen LogP contribution in [0.2, 0.25) is 15.2 Å². The molecule has 0 unspecified atom stereocenters. The lowest BCUT2D eigenvalue weighted by atomic mass is 10.2. The van der Waals surface area contributed by atoms with Crippen molar-refractivity contribution in [2.45, 2.75) is 0 Å². The Morgan fingerprint density at radius 3 is 2.39 bits per heavy atom. The minimum Gasteiger partial charge on any atom is -0.322 e. The van der Waals surface area contributed by atoms with Crippen LogP contribution < -0.4 is 5.32 Å². The third kappa shape index (κ3) is 2.93. The monoisotopic (exact) mass is 300 g/mol. The van der Waals surface area contributed by atoms with Gasteiger partial charge in [-0.25, -0.2) is 4.98 Å². The summed E-state index contributed by atoms with van der Waals surface area (Å²) in [5.41, 5.74) is 0.754. The van der Waals surface area contributed by atoms with Crippen LogP contribution in [0.1, 0.15) is 10.4 Å². The summed E-state index contributed by atoms with van der Waals surface area (Å²) < 4.78 is 0. The van der Waals surface area contributed by atoms with Crippen molar-refractivity contribution < 1.29 is 4.79 Å². The molecule has 1 amide bonds. The Labute approximate surface area is 119 Å². The molecule has 2 aromatic rings. The second-order valence-electron chi connectivity index (χ2n) is 3.42. The lowest BCUT2D eigenvalue weighted by Crippen LogP contribution is -2.13. The van der Waals surface area contributed by atoms with Gasteiger partial charge in [0.25, 0.3) is 5.91 Å². The second-order valence-corrected chi connectivity index (χ2v) is 4.62. The van der Waals surface area contributed by atoms with E-state index in [1.165, 1.54) is 12.3 Å². The standard InChI is InChI=1S/C12H7Cl3N2O/c13-8-2-1-3-9(14)11(8)12(18)17-7-4-5-16-10(15)6-7/h1-6H,(H,16,17,18). The summed E-state index contributed by atoms with van der Waals surface area (Å²) in [4.78, 5) is 15.8. The zero-order chi connectivity index (χ0) is 13.1. The van der Waals surface area contributed by atoms with Gasteiger partial charge in [0.2, 0.25) is 0 Å². The van der Waals surface area contributed by atoms with Gasteiger partial charge in [0.1, 0.15) is 5.15 Å². The number of pyridine rings is 1. The number of anilines is 1. The van der Waals surface area contributed by atoms with Gasteiger partial charge in [-0.1, -0.05) is 40.9 Å². The van der Waals surface area contributed by atoms with E-state index in [2.05, 4.69) is 10.3 Å². The topological polar surface area (TPSA) is 42.0 Å². The van der Waals surface area contributed by atoms with E-state index in [0.29, 0.717) is 15.7 Å². The van der Waals surface area contributed by atoms with E-state index >= 15 is 0 Å². The summed E-state index contributed by atoms with van der Waals surface area (Å²) in [6.45, 7) is 0. The molecular weight excluding hydrogens is 295 g/mol. The fourth-order valence-electron chi connectivity index (χ4n) is 1.39. The van der Waals surface area contributed by atoms with Crippen LogP contribution in [0, 0.1) is 0 Å². The van der Waals surface area contributed by atoms with Crippen LogP contribution in [-0.4, -0.2) is 10.9 Å². The first-order valence-corrected chi connectivity index (χ1v) is 6.08. The molecule has 0 saturated carbocycles. The van der Waals surface area contributed by atoms with Crippen molar-refractivity contribution in [3.05, 3.63) is 57.3 Å². The number of amides is 1. The van der Waals surface area contributed by atoms with Gasteiger partial charge < -0.3 is 5.32 Å². The Kier molecular flexibility index (Phi) is 4.07. The predicted octanol–water partition coefficient (Wildman–Crippen LogP) is 4.29. The number of rotatable bonds is 2. The number of aromatic nitrogens is 1. The normalized spacial score (nSPS) is 10.2. The highest BCUT2D eigenvalue weighted by molar-refractivity contribution is 6.40. The smallest absolute Gasteiger partial charge is 0.258 e. The molecule has 6 heteroatoms. The fourth-order valence-corrected chi connectivity index (χ4v) is 2.13. The number of benzene rings is 1. The molecule has 1 aromatic carbocycles. The van der Waals surface area contributed by atoms with Crippen molar-refractivity contribution >= 4 is 46.4 Å². The van der Waals surface area contributed by atoms with E-state index in [0.717, 1.165) is 0 Å². The first-order chi connectivity index (χ1) is 8.58. The number of carbonyl (C=O) groups is 1. The molecule has 0 atom stereocenters. The van der Waals surface area contributed by atoms with Gasteiger partial charge in [-0.2, -0.15) is 0 Å². The first-order valence-electron chi connectivity index (χ1n) is 4.95. The molecule has 18 heavy (non-hydrogen) atoms. The number of hydrogen-bond donors (Lipinski definition) is 1. The summed E-state index contributed by atoms with van der Waals surface area (Å²) in [6.07, 6.45) is 1.49. The van der Waals surface area contributed by atoms with Gasteiger partial charge in [0.05, 0.1) is 15.6 Å². The SMILES string of the molecule is O=C(Nc1ccnc(Cl)c1)c1c(Cl)cccc1Cl. The maximum atomic E-state index is 12.0. The molecule has 0 aliphatic heterocycles. The molecule has 0 saturated heterocycles. The molecule has 1 aromatic heterocycles. The van der Waals surface area contributed by atoms with Crippen molar-refractivity contribution in [3.63, 3.8) is 0 Å². The number of halogens is 3. The highest BCUT2D eigenvalue weighted by Gasteiger charge is 2.14. The molecule has 0 spiro atoms. The van der Waals surface area contributed by atoms with Crippen molar-refractivity contribution in [2.24, 2.45) is 0 Å². The summed E-state index contributed by atoms with van der Waals surface area (Å²) in [5, 5.41) is 3.52. The van der Waals surface area contributed by atoms with E-state index in [-0.39, 0.29) is 10.7 Å². The van der Waals surface area contributed by atoms with E-state index in [4.69, 9.17) is 34.8 Å². The summed E-state index contributed by atoms with van der Waals surface area (Å²) in [5.74, 6) is -0.395. The largest absolute Gasteiger partial charge is 0.322 e. The molecule has 0 radical (unpaired) electrons. The highest BCUT2D eigenvalue weighted by atomic mass is 35.5. The lowest BCUT2D eigenvalue weighted by molar-refractivity contribution is 0.102. The van der Waals surface area contributed by atoms with Gasteiger partial charge in [-0.15, -0.1) is 0 Å². The molecule has 0 aliphatic rings. The van der Waals surface area contributed by atoms with Crippen molar-refractivity contribution in [2.75, 3.05) is 5.32 Å². The maximum Gasteiger partial charge on any atom is 0.258 e. The number of carbonyl (C=O) groups excluding carboxylic acids is 1. The average Bonchev–Trinajstić information content (AvgIpc) is 2.28. The molecule has 0 aliphatic carbocycles. The molecule has 2 rings (SSSR count). The molecule has 1 N–H and O–H groups in total. The van der Waals surface area contributed by atoms with Crippen LogP contribution in [0.15, 0.2) is 36.5 Å². The zero-order valence-corrected chi connectivity index (χ0v) is 11.2. The van der Waals surface area contributed by atoms with Crippen molar-refractivity contribution in [3.8, 4) is 0 Å². The Hall–Kier alpha value is -1.29. The van der Waals surface area contributed by atoms with Crippen LogP contribution in [0.3, 0.4) is 0 Å². The summed E-state index contributed by atoms with van der Waals surface area (Å²) >= 11 is 17.6. The minimum atomic E-state index is -0.395. The molecule has 3 nitrogen and oxygen atoms in total. The van der Waals surface area contributed by atoms with Crippen LogP contribution in [-0.2, 0) is 0 Å². The summed E-state index contributed by atoms with van der Waals surface area (Å²) in [7, 11) is 0. The molecule has 1 heterocycles. The van der Waals surface area contributed by atoms with E-state index in [1.807, 2.05) is 0 Å². The average molecular weight is 302 g/mol. The second kappa shape index (κ2) is 5.57. The third-order valence-electron chi connectivity index (χ3n) is 2.17. The number of nitrogens with zero attached hydrogens (tertiary/aromatic N) is 1. The maximum absolute atomic E-state index is 12.0. The van der Waals surface area contributed by atoms with E-state index in [1.54, 1.807) is 24.3 Å². The Bertz CT molecular complexity index is 581. The van der Waals surface area contributed by atoms with Gasteiger partial charge in [0, 0.05) is 11.9 Å². The lowest BCUT2D eigenvalue weighted by Gasteiger charge is -2.08. The van der Waals surface area contributed by atoms with Crippen LogP contribution in [0.5, 0.6) is 0 Å². The number of nitrogens with one attached hydrogen (secondary N) is 1. The van der Waals surface area contributed by atoms with Crippen LogP contribution in [0.4, 0.5) is 5.69 Å². The van der Waals surface area contributed by atoms with Crippen molar-refractivity contribution in [1.29, 1.82) is 0 Å². The zero-order valence-electron chi connectivity index (χ0n) is 8.95. The number of hydrogen-bond acceptors (Lipinski definition) is 2. The van der Waals surface area contributed by atoms with Crippen molar-refractivity contribution in [1.82, 2.24) is 4.98 Å². The van der Waals surface area contributed by atoms with E-state index < -0.39 is 5.91 Å². The molecule has 92 valence electrons. The highest BCUT2D eigenvalue weighted by Crippen LogP contribution is 2.25. The first kappa shape index (κ1) is 13.1. The Balaban J connectivity index is 2.28. The minimum absolute atomic E-state index is 0.230. The summed E-state index contributed by atoms with van der Waals surface area (Å²) in [6, 6.07) is 8.02. The van der Waals surface area contributed by atoms with E-state index in [9.17, 15) is 4.79 Å². The molecule has 0 fully saturated rings. The third-order valence-corrected chi connectivity index (χ3v) is 3.01. The Morgan fingerprint density at radius 1 is 1.11 bits per heavy atom. The Morgan fingerprint density at radius 2 is 1.78 bits per heavy atom. The van der Waals surface area contributed by atoms with Crippen LogP contribution >= 0.6 is 34.8 Å².